The van der Waals surface area contributed by atoms with Crippen molar-refractivity contribution in [3.05, 3.63) is 27.9 Å². The molecule has 1 aromatic rings. The third-order valence-electron chi connectivity index (χ3n) is 2.95. The van der Waals surface area contributed by atoms with Crippen molar-refractivity contribution in [3.8, 4) is 0 Å². The number of nitrogens with two attached hydrogens (primary N) is 1. The van der Waals surface area contributed by atoms with Gasteiger partial charge < -0.3 is 5.73 Å². The number of hydrogen-bond donors (Lipinski definition) is 1. The Labute approximate surface area is 87.1 Å². The largest absolute Gasteiger partial charge is 0.365 e. The van der Waals surface area contributed by atoms with Crippen molar-refractivity contribution >= 4 is 5.91 Å². The van der Waals surface area contributed by atoms with Crippen LogP contribution in [0.3, 0.4) is 0 Å². The smallest absolute Gasteiger partial charge is 0.350 e. The summed E-state index contributed by atoms with van der Waals surface area (Å²) in [4.78, 5) is 23.0. The Hall–Kier alpha value is -1.65. The van der Waals surface area contributed by atoms with E-state index in [4.69, 9.17) is 5.73 Å². The SMILES string of the molecule is CC1CCc2n1c(=O)c(C(N)=O)c[n+]2C. The zero-order chi connectivity index (χ0) is 11.2. The molecule has 1 amide bonds. The van der Waals surface area contributed by atoms with E-state index in [9.17, 15) is 9.59 Å². The molecular formula is C10H14N3O2+. The first-order valence-electron chi connectivity index (χ1n) is 4.96. The first kappa shape index (κ1) is 9.89. The highest BCUT2D eigenvalue weighted by Gasteiger charge is 2.31. The lowest BCUT2D eigenvalue weighted by molar-refractivity contribution is -0.683. The predicted molar refractivity (Wildman–Crippen MR) is 53.4 cm³/mol. The van der Waals surface area contributed by atoms with Crippen LogP contribution in [0.25, 0.3) is 0 Å². The van der Waals surface area contributed by atoms with Crippen molar-refractivity contribution in [2.45, 2.75) is 25.8 Å². The average molecular weight is 208 g/mol. The summed E-state index contributed by atoms with van der Waals surface area (Å²) >= 11 is 0. The van der Waals surface area contributed by atoms with Crippen molar-refractivity contribution in [1.29, 1.82) is 0 Å². The number of aryl methyl sites for hydroxylation is 1. The van der Waals surface area contributed by atoms with Gasteiger partial charge >= 0.3 is 5.56 Å². The molecule has 0 saturated heterocycles. The van der Waals surface area contributed by atoms with Gasteiger partial charge in [0.05, 0.1) is 13.5 Å². The molecule has 80 valence electrons. The fourth-order valence-corrected chi connectivity index (χ4v) is 2.13. The molecule has 0 fully saturated rings. The molecule has 1 unspecified atom stereocenters. The van der Waals surface area contributed by atoms with E-state index in [-0.39, 0.29) is 17.2 Å². The zero-order valence-corrected chi connectivity index (χ0v) is 8.86. The van der Waals surface area contributed by atoms with Gasteiger partial charge in [0.25, 0.3) is 11.7 Å². The van der Waals surface area contributed by atoms with Gasteiger partial charge in [-0.15, -0.1) is 0 Å². The Morgan fingerprint density at radius 2 is 2.33 bits per heavy atom. The highest BCUT2D eigenvalue weighted by atomic mass is 16.2. The molecule has 0 aliphatic carbocycles. The molecule has 1 aromatic heterocycles. The van der Waals surface area contributed by atoms with Gasteiger partial charge in [0.2, 0.25) is 0 Å². The van der Waals surface area contributed by atoms with Crippen LogP contribution in [0.15, 0.2) is 11.0 Å². The van der Waals surface area contributed by atoms with Crippen molar-refractivity contribution < 1.29 is 9.36 Å². The van der Waals surface area contributed by atoms with Crippen molar-refractivity contribution in [2.75, 3.05) is 0 Å². The van der Waals surface area contributed by atoms with E-state index >= 15 is 0 Å². The maximum atomic E-state index is 11.9. The van der Waals surface area contributed by atoms with Gasteiger partial charge in [-0.05, 0) is 13.3 Å². The van der Waals surface area contributed by atoms with Crippen LogP contribution in [0.1, 0.15) is 35.6 Å². The summed E-state index contributed by atoms with van der Waals surface area (Å²) in [6.45, 7) is 1.97. The second-order valence-electron chi connectivity index (χ2n) is 4.00. The molecule has 15 heavy (non-hydrogen) atoms. The second-order valence-corrected chi connectivity index (χ2v) is 4.00. The van der Waals surface area contributed by atoms with E-state index in [1.54, 1.807) is 4.57 Å². The van der Waals surface area contributed by atoms with Crippen LogP contribution in [-0.4, -0.2) is 10.5 Å². The number of aromatic nitrogens is 2. The van der Waals surface area contributed by atoms with Crippen LogP contribution >= 0.6 is 0 Å². The normalized spacial score (nSPS) is 18.9. The number of amides is 1. The molecule has 0 bridgehead atoms. The van der Waals surface area contributed by atoms with Crippen LogP contribution in [0.5, 0.6) is 0 Å². The fraction of sp³-hybridized carbons (Fsp3) is 0.500. The number of carbonyl (C=O) groups excluding carboxylic acids is 1. The second kappa shape index (κ2) is 3.18. The quantitative estimate of drug-likeness (QED) is 0.619. The standard InChI is InChI=1S/C10H13N3O2/c1-6-3-4-8-12(2)5-7(9(11)14)10(15)13(6)8/h5-6H,3-4H2,1-2H3,(H-,11,14)/p+1. The summed E-state index contributed by atoms with van der Waals surface area (Å²) in [5.74, 6) is 0.294. The molecule has 2 rings (SSSR count). The number of rotatable bonds is 1. The lowest BCUT2D eigenvalue weighted by Gasteiger charge is -2.05. The van der Waals surface area contributed by atoms with E-state index in [2.05, 4.69) is 0 Å². The van der Waals surface area contributed by atoms with Crippen LogP contribution in [0.2, 0.25) is 0 Å². The molecule has 5 heteroatoms. The van der Waals surface area contributed by atoms with Crippen molar-refractivity contribution in [3.63, 3.8) is 0 Å². The summed E-state index contributed by atoms with van der Waals surface area (Å²) in [5.41, 5.74) is 4.96. The van der Waals surface area contributed by atoms with Gasteiger partial charge in [0.15, 0.2) is 5.56 Å². The van der Waals surface area contributed by atoms with E-state index in [1.807, 2.05) is 18.5 Å². The first-order chi connectivity index (χ1) is 7.02. The molecule has 0 radical (unpaired) electrons. The van der Waals surface area contributed by atoms with Gasteiger partial charge in [-0.1, -0.05) is 0 Å². The van der Waals surface area contributed by atoms with Crippen LogP contribution in [0, 0.1) is 0 Å². The molecule has 0 spiro atoms. The number of primary amides is 1. The minimum absolute atomic E-state index is 0.0648. The maximum Gasteiger partial charge on any atom is 0.350 e. The van der Waals surface area contributed by atoms with Crippen molar-refractivity contribution in [1.82, 2.24) is 4.57 Å². The highest BCUT2D eigenvalue weighted by Crippen LogP contribution is 2.19. The van der Waals surface area contributed by atoms with Gasteiger partial charge in [0, 0.05) is 0 Å². The van der Waals surface area contributed by atoms with Crippen LogP contribution < -0.4 is 15.9 Å². The van der Waals surface area contributed by atoms with Gasteiger partial charge in [-0.2, -0.15) is 4.57 Å². The first-order valence-corrected chi connectivity index (χ1v) is 4.96. The fourth-order valence-electron chi connectivity index (χ4n) is 2.13. The summed E-state index contributed by atoms with van der Waals surface area (Å²) < 4.78 is 3.48. The molecule has 0 aromatic carbocycles. The monoisotopic (exact) mass is 208 g/mol. The van der Waals surface area contributed by atoms with Gasteiger partial charge in [0.1, 0.15) is 12.2 Å². The Morgan fingerprint density at radius 1 is 1.67 bits per heavy atom. The summed E-state index contributed by atoms with van der Waals surface area (Å²) in [6, 6.07) is 0.151. The third kappa shape index (κ3) is 1.35. The molecule has 1 aliphatic rings. The molecule has 2 heterocycles. The molecule has 5 nitrogen and oxygen atoms in total. The molecular weight excluding hydrogens is 194 g/mol. The molecule has 1 atom stereocenters. The van der Waals surface area contributed by atoms with Crippen molar-refractivity contribution in [2.24, 2.45) is 12.8 Å². The van der Waals surface area contributed by atoms with Crippen LogP contribution in [0.4, 0.5) is 0 Å². The highest BCUT2D eigenvalue weighted by molar-refractivity contribution is 5.91. The number of fused-ring (bicyclic) bond motifs is 1. The number of nitrogens with zero attached hydrogens (tertiary/aromatic N) is 2. The predicted octanol–water partition coefficient (Wildman–Crippen LogP) is -0.721. The van der Waals surface area contributed by atoms with Gasteiger partial charge in [-0.25, -0.2) is 9.36 Å². The molecule has 0 saturated carbocycles. The average Bonchev–Trinajstić information content (AvgIpc) is 2.54. The topological polar surface area (TPSA) is 69.0 Å². The minimum atomic E-state index is -0.662. The minimum Gasteiger partial charge on any atom is -0.365 e. The zero-order valence-electron chi connectivity index (χ0n) is 8.86. The Bertz CT molecular complexity index is 490. The maximum absolute atomic E-state index is 11.9. The Morgan fingerprint density at radius 3 is 2.93 bits per heavy atom. The number of hydrogen-bond acceptors (Lipinski definition) is 2. The summed E-state index contributed by atoms with van der Waals surface area (Å²) in [7, 11) is 1.83. The third-order valence-corrected chi connectivity index (χ3v) is 2.95. The van der Waals surface area contributed by atoms with E-state index < -0.39 is 5.91 Å². The van der Waals surface area contributed by atoms with Crippen LogP contribution in [-0.2, 0) is 13.5 Å². The lowest BCUT2D eigenvalue weighted by atomic mass is 10.2. The van der Waals surface area contributed by atoms with E-state index in [0.29, 0.717) is 0 Å². The molecule has 1 aliphatic heterocycles. The lowest BCUT2D eigenvalue weighted by Crippen LogP contribution is -2.44. The van der Waals surface area contributed by atoms with E-state index in [1.165, 1.54) is 6.20 Å². The Kier molecular flexibility index (Phi) is 2.10. The summed E-state index contributed by atoms with van der Waals surface area (Å²) in [6.07, 6.45) is 3.33. The Balaban J connectivity index is 2.77. The summed E-state index contributed by atoms with van der Waals surface area (Å²) in [5, 5.41) is 0. The number of carbonyl (C=O) groups is 1. The van der Waals surface area contributed by atoms with E-state index in [0.717, 1.165) is 18.7 Å². The molecule has 2 N–H and O–H groups in total. The van der Waals surface area contributed by atoms with Gasteiger partial charge in [-0.3, -0.25) is 4.79 Å².